The summed E-state index contributed by atoms with van der Waals surface area (Å²) in [5, 5.41) is 0. The van der Waals surface area contributed by atoms with Crippen molar-refractivity contribution in [2.24, 2.45) is 0 Å². The Labute approximate surface area is 161 Å². The predicted molar refractivity (Wildman–Crippen MR) is 109 cm³/mol. The summed E-state index contributed by atoms with van der Waals surface area (Å²) in [6, 6.07) is 15.0. The molecule has 0 atom stereocenters. The van der Waals surface area contributed by atoms with Crippen LogP contribution in [-0.2, 0) is 10.2 Å². The molecule has 0 unspecified atom stereocenters. The number of hydrogen-bond donors (Lipinski definition) is 0. The SMILES string of the molecule is CN(C)C(=O)COc1cccc(C(=O)/C=C/c2ccc(C(C)(C)C)cc2)c1. The number of hydrogen-bond acceptors (Lipinski definition) is 3. The number of benzene rings is 2. The van der Waals surface area contributed by atoms with E-state index in [2.05, 4.69) is 32.9 Å². The molecule has 0 fully saturated rings. The quantitative estimate of drug-likeness (QED) is 0.565. The Bertz CT molecular complexity index is 827. The molecule has 0 radical (unpaired) electrons. The van der Waals surface area contributed by atoms with Crippen LogP contribution in [-0.4, -0.2) is 37.3 Å². The van der Waals surface area contributed by atoms with Crippen LogP contribution in [0.25, 0.3) is 6.08 Å². The zero-order valence-electron chi connectivity index (χ0n) is 16.7. The first-order valence-corrected chi connectivity index (χ1v) is 8.93. The van der Waals surface area contributed by atoms with Gasteiger partial charge in [-0.05, 0) is 34.8 Å². The van der Waals surface area contributed by atoms with Crippen LogP contribution in [0.1, 0.15) is 42.3 Å². The Balaban J connectivity index is 2.04. The molecule has 2 rings (SSSR count). The summed E-state index contributed by atoms with van der Waals surface area (Å²) < 4.78 is 5.46. The number of carbonyl (C=O) groups is 2. The van der Waals surface area contributed by atoms with E-state index in [1.54, 1.807) is 50.5 Å². The molecule has 0 aliphatic carbocycles. The molecular formula is C23H27NO3. The Morgan fingerprint density at radius 3 is 2.30 bits per heavy atom. The van der Waals surface area contributed by atoms with Gasteiger partial charge in [0.2, 0.25) is 0 Å². The first kappa shape index (κ1) is 20.4. The molecule has 0 heterocycles. The van der Waals surface area contributed by atoms with Gasteiger partial charge in [-0.25, -0.2) is 0 Å². The lowest BCUT2D eigenvalue weighted by molar-refractivity contribution is -0.130. The Morgan fingerprint density at radius 2 is 1.70 bits per heavy atom. The molecule has 0 saturated heterocycles. The molecule has 0 aromatic heterocycles. The van der Waals surface area contributed by atoms with Gasteiger partial charge in [-0.1, -0.05) is 63.2 Å². The molecule has 4 heteroatoms. The van der Waals surface area contributed by atoms with Crippen molar-refractivity contribution in [3.05, 3.63) is 71.3 Å². The van der Waals surface area contributed by atoms with E-state index < -0.39 is 0 Å². The van der Waals surface area contributed by atoms with E-state index >= 15 is 0 Å². The van der Waals surface area contributed by atoms with Gasteiger partial charge in [0.25, 0.3) is 5.91 Å². The van der Waals surface area contributed by atoms with Gasteiger partial charge in [0, 0.05) is 19.7 Å². The second-order valence-electron chi connectivity index (χ2n) is 7.67. The van der Waals surface area contributed by atoms with Crippen LogP contribution in [0, 0.1) is 0 Å². The molecule has 142 valence electrons. The molecule has 2 aromatic rings. The highest BCUT2D eigenvalue weighted by Crippen LogP contribution is 2.22. The summed E-state index contributed by atoms with van der Waals surface area (Å²) in [5.74, 6) is 0.253. The predicted octanol–water partition coefficient (Wildman–Crippen LogP) is 4.35. The maximum Gasteiger partial charge on any atom is 0.259 e. The third-order valence-corrected chi connectivity index (χ3v) is 4.18. The fourth-order valence-corrected chi connectivity index (χ4v) is 2.38. The number of amides is 1. The second-order valence-corrected chi connectivity index (χ2v) is 7.67. The molecule has 0 aliphatic heterocycles. The maximum atomic E-state index is 12.4. The van der Waals surface area contributed by atoms with Crippen LogP contribution >= 0.6 is 0 Å². The highest BCUT2D eigenvalue weighted by Gasteiger charge is 2.12. The number of rotatable bonds is 6. The molecule has 0 spiro atoms. The van der Waals surface area contributed by atoms with Crippen LogP contribution in [0.3, 0.4) is 0 Å². The van der Waals surface area contributed by atoms with Gasteiger partial charge in [0.05, 0.1) is 0 Å². The van der Waals surface area contributed by atoms with Crippen LogP contribution < -0.4 is 4.74 Å². The van der Waals surface area contributed by atoms with Gasteiger partial charge in [0.15, 0.2) is 12.4 Å². The normalized spacial score (nSPS) is 11.4. The lowest BCUT2D eigenvalue weighted by atomic mass is 9.87. The van der Waals surface area contributed by atoms with Crippen LogP contribution in [0.5, 0.6) is 5.75 Å². The highest BCUT2D eigenvalue weighted by molar-refractivity contribution is 6.07. The minimum absolute atomic E-state index is 0.0550. The minimum Gasteiger partial charge on any atom is -0.484 e. The minimum atomic E-state index is -0.134. The van der Waals surface area contributed by atoms with E-state index in [0.717, 1.165) is 5.56 Å². The highest BCUT2D eigenvalue weighted by atomic mass is 16.5. The van der Waals surface area contributed by atoms with E-state index in [0.29, 0.717) is 11.3 Å². The van der Waals surface area contributed by atoms with Gasteiger partial charge in [-0.15, -0.1) is 0 Å². The summed E-state index contributed by atoms with van der Waals surface area (Å²) in [7, 11) is 3.34. The van der Waals surface area contributed by atoms with Gasteiger partial charge >= 0.3 is 0 Å². The molecule has 0 saturated carbocycles. The maximum absolute atomic E-state index is 12.4. The monoisotopic (exact) mass is 365 g/mol. The van der Waals surface area contributed by atoms with E-state index in [1.807, 2.05) is 12.1 Å². The Morgan fingerprint density at radius 1 is 1.04 bits per heavy atom. The average molecular weight is 365 g/mol. The topological polar surface area (TPSA) is 46.6 Å². The number of ether oxygens (including phenoxy) is 1. The van der Waals surface area contributed by atoms with Crippen LogP contribution in [0.15, 0.2) is 54.6 Å². The van der Waals surface area contributed by atoms with Crippen molar-refractivity contribution in [1.82, 2.24) is 4.90 Å². The number of ketones is 1. The number of carbonyl (C=O) groups excluding carboxylic acids is 2. The third-order valence-electron chi connectivity index (χ3n) is 4.18. The second kappa shape index (κ2) is 8.67. The van der Waals surface area contributed by atoms with Crippen molar-refractivity contribution < 1.29 is 14.3 Å². The Kier molecular flexibility index (Phi) is 6.56. The molecule has 0 aliphatic rings. The number of allylic oxidation sites excluding steroid dienone is 1. The van der Waals surface area contributed by atoms with E-state index in [9.17, 15) is 9.59 Å². The van der Waals surface area contributed by atoms with Crippen molar-refractivity contribution in [2.75, 3.05) is 20.7 Å². The smallest absolute Gasteiger partial charge is 0.259 e. The molecule has 0 bridgehead atoms. The lowest BCUT2D eigenvalue weighted by Gasteiger charge is -2.18. The van der Waals surface area contributed by atoms with Gasteiger partial charge in [0.1, 0.15) is 5.75 Å². The number of nitrogens with zero attached hydrogens (tertiary/aromatic N) is 1. The van der Waals surface area contributed by atoms with Crippen molar-refractivity contribution in [3.63, 3.8) is 0 Å². The lowest BCUT2D eigenvalue weighted by Crippen LogP contribution is -2.27. The summed E-state index contributed by atoms with van der Waals surface area (Å²) in [4.78, 5) is 25.5. The largest absolute Gasteiger partial charge is 0.484 e. The van der Waals surface area contributed by atoms with Gasteiger partial charge in [-0.3, -0.25) is 9.59 Å². The van der Waals surface area contributed by atoms with Gasteiger partial charge in [-0.2, -0.15) is 0 Å². The zero-order valence-corrected chi connectivity index (χ0v) is 16.7. The average Bonchev–Trinajstić information content (AvgIpc) is 2.63. The molecule has 27 heavy (non-hydrogen) atoms. The molecular weight excluding hydrogens is 338 g/mol. The zero-order chi connectivity index (χ0) is 20.0. The summed E-state index contributed by atoms with van der Waals surface area (Å²) in [5.41, 5.74) is 2.85. The summed E-state index contributed by atoms with van der Waals surface area (Å²) in [6.07, 6.45) is 3.36. The van der Waals surface area contributed by atoms with E-state index in [-0.39, 0.29) is 23.7 Å². The molecule has 0 N–H and O–H groups in total. The Hall–Kier alpha value is -2.88. The number of likely N-dealkylation sites (N-methyl/N-ethyl adjacent to an activating group) is 1. The van der Waals surface area contributed by atoms with Crippen LogP contribution in [0.4, 0.5) is 0 Å². The third kappa shape index (κ3) is 6.10. The molecule has 2 aromatic carbocycles. The van der Waals surface area contributed by atoms with Gasteiger partial charge < -0.3 is 9.64 Å². The summed E-state index contributed by atoms with van der Waals surface area (Å²) in [6.45, 7) is 6.45. The van der Waals surface area contributed by atoms with Crippen LogP contribution in [0.2, 0.25) is 0 Å². The van der Waals surface area contributed by atoms with E-state index in [4.69, 9.17) is 4.74 Å². The van der Waals surface area contributed by atoms with Crippen molar-refractivity contribution >= 4 is 17.8 Å². The van der Waals surface area contributed by atoms with E-state index in [1.165, 1.54) is 10.5 Å². The fourth-order valence-electron chi connectivity index (χ4n) is 2.38. The first-order chi connectivity index (χ1) is 12.7. The standard InChI is InChI=1S/C23H27NO3/c1-23(2,3)19-12-9-17(10-13-19)11-14-21(25)18-7-6-8-20(15-18)27-16-22(26)24(4)5/h6-15H,16H2,1-5H3/b14-11+. The van der Waals surface area contributed by atoms with Crippen molar-refractivity contribution in [1.29, 1.82) is 0 Å². The first-order valence-electron chi connectivity index (χ1n) is 8.93. The molecule has 1 amide bonds. The molecule has 4 nitrogen and oxygen atoms in total. The van der Waals surface area contributed by atoms with Crippen molar-refractivity contribution in [2.45, 2.75) is 26.2 Å². The fraction of sp³-hybridized carbons (Fsp3) is 0.304. The summed E-state index contributed by atoms with van der Waals surface area (Å²) >= 11 is 0. The van der Waals surface area contributed by atoms with Crippen molar-refractivity contribution in [3.8, 4) is 5.75 Å².